The van der Waals surface area contributed by atoms with Gasteiger partial charge in [-0.05, 0) is 36.4 Å². The van der Waals surface area contributed by atoms with Gasteiger partial charge in [-0.25, -0.2) is 0 Å². The van der Waals surface area contributed by atoms with Crippen LogP contribution in [0.5, 0.6) is 23.0 Å². The van der Waals surface area contributed by atoms with Crippen LogP contribution in [-0.4, -0.2) is 10.2 Å². The Kier molecular flexibility index (Phi) is 5.33. The number of rotatable bonds is 0. The monoisotopic (exact) mass is 524 g/mol. The van der Waals surface area contributed by atoms with Crippen molar-refractivity contribution in [3.63, 3.8) is 0 Å². The number of hydrogen-bond acceptors (Lipinski definition) is 5. The van der Waals surface area contributed by atoms with Gasteiger partial charge in [-0.2, -0.15) is 0 Å². The summed E-state index contributed by atoms with van der Waals surface area (Å²) in [5.41, 5.74) is -0.630. The van der Waals surface area contributed by atoms with E-state index in [4.69, 9.17) is 9.47 Å². The largest absolute Gasteiger partial charge is 0.456 e. The molecule has 4 nitrogen and oxygen atoms in total. The van der Waals surface area contributed by atoms with E-state index in [0.717, 1.165) is 9.75 Å². The number of benzene rings is 4. The number of fused-ring (bicyclic) bond motifs is 4. The molecule has 0 unspecified atom stereocenters. The van der Waals surface area contributed by atoms with Crippen LogP contribution in [0.2, 0.25) is 0 Å². The number of thiophene rings is 1. The number of ether oxygens (including phenoxy) is 2. The summed E-state index contributed by atoms with van der Waals surface area (Å²) < 4.78 is 12.0. The molecule has 186 valence electrons. The van der Waals surface area contributed by atoms with Crippen molar-refractivity contribution in [1.82, 2.24) is 0 Å². The van der Waals surface area contributed by atoms with E-state index in [2.05, 4.69) is 23.7 Å². The first-order chi connectivity index (χ1) is 19.0. The van der Waals surface area contributed by atoms with Crippen molar-refractivity contribution in [2.24, 2.45) is 0 Å². The molecule has 0 fully saturated rings. The minimum atomic E-state index is -1.52. The van der Waals surface area contributed by atoms with Gasteiger partial charge in [0.15, 0.2) is 11.2 Å². The van der Waals surface area contributed by atoms with Gasteiger partial charge in [-0.15, -0.1) is 11.3 Å². The topological polar surface area (TPSA) is 58.9 Å². The summed E-state index contributed by atoms with van der Waals surface area (Å²) in [6, 6.07) is 33.3. The van der Waals surface area contributed by atoms with E-state index in [-0.39, 0.29) is 0 Å². The summed E-state index contributed by atoms with van der Waals surface area (Å²) in [5.74, 6) is 14.8. The lowest BCUT2D eigenvalue weighted by Crippen LogP contribution is -2.29. The average Bonchev–Trinajstić information content (AvgIpc) is 3.44. The van der Waals surface area contributed by atoms with E-state index in [0.29, 0.717) is 45.3 Å². The minimum absolute atomic E-state index is 0.580. The van der Waals surface area contributed by atoms with Crippen LogP contribution in [0.25, 0.3) is 0 Å². The molecule has 0 atom stereocenters. The van der Waals surface area contributed by atoms with E-state index >= 15 is 0 Å². The molecule has 2 aliphatic heterocycles. The zero-order valence-corrected chi connectivity index (χ0v) is 21.3. The fourth-order valence-electron chi connectivity index (χ4n) is 4.99. The summed E-state index contributed by atoms with van der Waals surface area (Å²) in [6.07, 6.45) is 0. The SMILES string of the molecule is OC1(C#Cc2ccc(C#CC3(O)c4ccccc4Oc4ccccc43)s2)c2ccccc2Oc2ccccc21. The lowest BCUT2D eigenvalue weighted by Gasteiger charge is -2.31. The second-order valence-electron chi connectivity index (χ2n) is 9.27. The van der Waals surface area contributed by atoms with Gasteiger partial charge in [0, 0.05) is 22.3 Å². The second kappa shape index (κ2) is 8.91. The van der Waals surface area contributed by atoms with Gasteiger partial charge >= 0.3 is 0 Å². The van der Waals surface area contributed by atoms with Gasteiger partial charge in [-0.3, -0.25) is 0 Å². The molecular formula is C34H20O4S. The Morgan fingerprint density at radius 1 is 0.462 bits per heavy atom. The van der Waals surface area contributed by atoms with Gasteiger partial charge in [0.05, 0.1) is 9.75 Å². The Balaban J connectivity index is 1.26. The van der Waals surface area contributed by atoms with E-state index in [1.54, 1.807) is 0 Å². The Bertz CT molecular complexity index is 1650. The van der Waals surface area contributed by atoms with E-state index in [9.17, 15) is 10.2 Å². The normalized spacial score (nSPS) is 14.8. The van der Waals surface area contributed by atoms with Crippen LogP contribution in [0.15, 0.2) is 109 Å². The van der Waals surface area contributed by atoms with Gasteiger partial charge < -0.3 is 19.7 Å². The van der Waals surface area contributed by atoms with Gasteiger partial charge in [-0.1, -0.05) is 96.5 Å². The lowest BCUT2D eigenvalue weighted by molar-refractivity contribution is 0.131. The van der Waals surface area contributed by atoms with Crippen LogP contribution in [0.3, 0.4) is 0 Å². The highest BCUT2D eigenvalue weighted by Gasteiger charge is 2.40. The maximum absolute atomic E-state index is 11.8. The molecule has 39 heavy (non-hydrogen) atoms. The summed E-state index contributed by atoms with van der Waals surface area (Å²) >= 11 is 1.40. The van der Waals surface area contributed by atoms with Crippen LogP contribution >= 0.6 is 11.3 Å². The van der Waals surface area contributed by atoms with Crippen molar-refractivity contribution in [3.05, 3.63) is 141 Å². The predicted octanol–water partition coefficient (Wildman–Crippen LogP) is 6.53. The maximum Gasteiger partial charge on any atom is 0.184 e. The zero-order chi connectivity index (χ0) is 26.5. The highest BCUT2D eigenvalue weighted by Crippen LogP contribution is 2.47. The Morgan fingerprint density at radius 3 is 1.10 bits per heavy atom. The minimum Gasteiger partial charge on any atom is -0.456 e. The molecule has 0 aliphatic carbocycles. The number of para-hydroxylation sites is 4. The molecule has 5 aromatic rings. The maximum atomic E-state index is 11.8. The molecule has 2 N–H and O–H groups in total. The van der Waals surface area contributed by atoms with Crippen molar-refractivity contribution in [2.75, 3.05) is 0 Å². The van der Waals surface area contributed by atoms with Crippen molar-refractivity contribution < 1.29 is 19.7 Å². The quantitative estimate of drug-likeness (QED) is 0.226. The smallest absolute Gasteiger partial charge is 0.184 e. The Labute approximate surface area is 229 Å². The van der Waals surface area contributed by atoms with Gasteiger partial charge in [0.25, 0.3) is 0 Å². The van der Waals surface area contributed by atoms with Crippen LogP contribution in [0, 0.1) is 23.7 Å². The molecule has 4 aromatic carbocycles. The summed E-state index contributed by atoms with van der Waals surface area (Å²) in [4.78, 5) is 1.49. The van der Waals surface area contributed by atoms with Crippen molar-refractivity contribution in [3.8, 4) is 46.7 Å². The average molecular weight is 525 g/mol. The summed E-state index contributed by atoms with van der Waals surface area (Å²) in [7, 11) is 0. The highest BCUT2D eigenvalue weighted by atomic mass is 32.1. The van der Waals surface area contributed by atoms with Crippen molar-refractivity contribution in [2.45, 2.75) is 11.2 Å². The van der Waals surface area contributed by atoms with Crippen LogP contribution < -0.4 is 9.47 Å². The second-order valence-corrected chi connectivity index (χ2v) is 10.4. The summed E-state index contributed by atoms with van der Waals surface area (Å²) in [6.45, 7) is 0. The van der Waals surface area contributed by atoms with Crippen LogP contribution in [-0.2, 0) is 11.2 Å². The molecule has 0 bridgehead atoms. The Hall–Kier alpha value is -4.78. The molecular weight excluding hydrogens is 504 g/mol. The fraction of sp³-hybridized carbons (Fsp3) is 0.0588. The Morgan fingerprint density at radius 2 is 0.769 bits per heavy atom. The predicted molar refractivity (Wildman–Crippen MR) is 150 cm³/mol. The molecule has 0 amide bonds. The van der Waals surface area contributed by atoms with Gasteiger partial charge in [0.1, 0.15) is 23.0 Å². The van der Waals surface area contributed by atoms with Crippen molar-refractivity contribution in [1.29, 1.82) is 0 Å². The van der Waals surface area contributed by atoms with E-state index < -0.39 is 11.2 Å². The molecule has 1 aromatic heterocycles. The van der Waals surface area contributed by atoms with Crippen LogP contribution in [0.4, 0.5) is 0 Å². The summed E-state index contributed by atoms with van der Waals surface area (Å²) in [5, 5.41) is 23.6. The molecule has 0 radical (unpaired) electrons. The highest BCUT2D eigenvalue weighted by molar-refractivity contribution is 7.13. The first-order valence-electron chi connectivity index (χ1n) is 12.4. The first-order valence-corrected chi connectivity index (χ1v) is 13.2. The first kappa shape index (κ1) is 23.3. The molecule has 0 spiro atoms. The number of aliphatic hydroxyl groups is 2. The lowest BCUT2D eigenvalue weighted by atomic mass is 9.84. The molecule has 0 saturated carbocycles. The molecule has 2 aliphatic rings. The third-order valence-electron chi connectivity index (χ3n) is 6.89. The fourth-order valence-corrected chi connectivity index (χ4v) is 5.70. The third kappa shape index (κ3) is 3.81. The van der Waals surface area contributed by atoms with Gasteiger partial charge in [0.2, 0.25) is 0 Å². The molecule has 0 saturated heterocycles. The molecule has 3 heterocycles. The van der Waals surface area contributed by atoms with E-state index in [1.165, 1.54) is 11.3 Å². The van der Waals surface area contributed by atoms with Crippen LogP contribution in [0.1, 0.15) is 32.0 Å². The zero-order valence-electron chi connectivity index (χ0n) is 20.5. The van der Waals surface area contributed by atoms with E-state index in [1.807, 2.05) is 109 Å². The molecule has 5 heteroatoms. The standard InChI is InChI=1S/C34H20O4S/c35-33(25-9-1-5-13-29(25)37-30-14-6-2-10-26(30)33)21-19-23-17-18-24(39-23)20-22-34(36)27-11-3-7-15-31(27)38-32-16-8-4-12-28(32)34/h1-18,35-36H. The molecule has 7 rings (SSSR count). The third-order valence-corrected chi connectivity index (χ3v) is 7.80. The number of hydrogen-bond donors (Lipinski definition) is 2. The van der Waals surface area contributed by atoms with Crippen molar-refractivity contribution >= 4 is 11.3 Å².